The quantitative estimate of drug-likeness (QED) is 0.558. The van der Waals surface area contributed by atoms with Gasteiger partial charge in [0.2, 0.25) is 0 Å². The summed E-state index contributed by atoms with van der Waals surface area (Å²) in [5, 5.41) is 0. The van der Waals surface area contributed by atoms with Crippen LogP contribution in [0.1, 0.15) is 29.3 Å². The molecule has 2 rings (SSSR count). The predicted molar refractivity (Wildman–Crippen MR) is 81.8 cm³/mol. The minimum Gasteiger partial charge on any atom is -0.293 e. The molecule has 0 aliphatic carbocycles. The fourth-order valence-electron chi connectivity index (χ4n) is 1.96. The van der Waals surface area contributed by atoms with E-state index in [1.807, 2.05) is 12.1 Å². The molecule has 0 saturated carbocycles. The summed E-state index contributed by atoms with van der Waals surface area (Å²) >= 11 is 1.08. The molecule has 0 heterocycles. The van der Waals surface area contributed by atoms with Gasteiger partial charge in [-0.25, -0.2) is 8.78 Å². The van der Waals surface area contributed by atoms with Crippen LogP contribution >= 0.6 is 11.8 Å². The van der Waals surface area contributed by atoms with Crippen LogP contribution in [-0.2, 0) is 6.42 Å². The van der Waals surface area contributed by atoms with Crippen molar-refractivity contribution in [1.29, 1.82) is 0 Å². The fourth-order valence-corrected chi connectivity index (χ4v) is 2.78. The fraction of sp³-hybridized carbons (Fsp3) is 0.235. The Kier molecular flexibility index (Phi) is 5.51. The van der Waals surface area contributed by atoms with E-state index in [2.05, 4.69) is 6.92 Å². The molecule has 1 nitrogen and oxygen atoms in total. The first-order chi connectivity index (χ1) is 10.1. The summed E-state index contributed by atoms with van der Waals surface area (Å²) in [6.07, 6.45) is 2.05. The summed E-state index contributed by atoms with van der Waals surface area (Å²) in [5.41, 5.74) is 1.82. The van der Waals surface area contributed by atoms with E-state index in [-0.39, 0.29) is 16.4 Å². The van der Waals surface area contributed by atoms with Crippen LogP contribution in [0.5, 0.6) is 0 Å². The van der Waals surface area contributed by atoms with Gasteiger partial charge in [-0.3, -0.25) is 4.79 Å². The molecule has 110 valence electrons. The van der Waals surface area contributed by atoms with Crippen LogP contribution in [0.25, 0.3) is 0 Å². The third-order valence-electron chi connectivity index (χ3n) is 3.07. The molecule has 4 heteroatoms. The van der Waals surface area contributed by atoms with Gasteiger partial charge in [0.1, 0.15) is 11.6 Å². The van der Waals surface area contributed by atoms with Gasteiger partial charge in [0.25, 0.3) is 0 Å². The molecule has 0 aliphatic heterocycles. The van der Waals surface area contributed by atoms with Gasteiger partial charge in [-0.2, -0.15) is 0 Å². The third kappa shape index (κ3) is 4.39. The van der Waals surface area contributed by atoms with E-state index in [1.165, 1.54) is 17.7 Å². The van der Waals surface area contributed by atoms with Crippen molar-refractivity contribution in [2.45, 2.75) is 24.7 Å². The Morgan fingerprint density at radius 2 is 1.81 bits per heavy atom. The molecular formula is C17H16F2OS. The highest BCUT2D eigenvalue weighted by Crippen LogP contribution is 2.23. The number of Topliss-reactive ketones (excluding diaryl/α,β-unsaturated/α-hetero) is 1. The normalized spacial score (nSPS) is 10.6. The van der Waals surface area contributed by atoms with Crippen molar-refractivity contribution in [2.24, 2.45) is 0 Å². The zero-order valence-electron chi connectivity index (χ0n) is 11.7. The van der Waals surface area contributed by atoms with Crippen molar-refractivity contribution in [2.75, 3.05) is 5.75 Å². The Morgan fingerprint density at radius 1 is 1.10 bits per heavy atom. The molecule has 0 bridgehead atoms. The molecule has 2 aromatic rings. The second kappa shape index (κ2) is 7.36. The number of rotatable bonds is 6. The van der Waals surface area contributed by atoms with Crippen LogP contribution in [-0.4, -0.2) is 11.5 Å². The summed E-state index contributed by atoms with van der Waals surface area (Å²) in [6.45, 7) is 2.10. The maximum atomic E-state index is 13.5. The van der Waals surface area contributed by atoms with Gasteiger partial charge in [-0.05, 0) is 24.1 Å². The molecule has 2 aromatic carbocycles. The van der Waals surface area contributed by atoms with Crippen LogP contribution in [0.4, 0.5) is 8.78 Å². The second-order valence-electron chi connectivity index (χ2n) is 4.73. The first-order valence-corrected chi connectivity index (χ1v) is 7.78. The molecule has 0 aliphatic rings. The highest BCUT2D eigenvalue weighted by atomic mass is 32.2. The number of hydrogen-bond donors (Lipinski definition) is 0. The lowest BCUT2D eigenvalue weighted by Gasteiger charge is -2.04. The lowest BCUT2D eigenvalue weighted by Crippen LogP contribution is -2.03. The summed E-state index contributed by atoms with van der Waals surface area (Å²) in [7, 11) is 0. The lowest BCUT2D eigenvalue weighted by atomic mass is 10.1. The van der Waals surface area contributed by atoms with E-state index in [9.17, 15) is 13.6 Å². The number of hydrogen-bond acceptors (Lipinski definition) is 2. The molecule has 0 N–H and O–H groups in total. The Hall–Kier alpha value is -1.68. The molecule has 0 unspecified atom stereocenters. The van der Waals surface area contributed by atoms with E-state index in [0.29, 0.717) is 5.56 Å². The summed E-state index contributed by atoms with van der Waals surface area (Å²) < 4.78 is 26.3. The van der Waals surface area contributed by atoms with Crippen molar-refractivity contribution < 1.29 is 13.6 Å². The van der Waals surface area contributed by atoms with Gasteiger partial charge < -0.3 is 0 Å². The molecule has 21 heavy (non-hydrogen) atoms. The van der Waals surface area contributed by atoms with E-state index in [1.54, 1.807) is 12.1 Å². The van der Waals surface area contributed by atoms with Gasteiger partial charge in [0.05, 0.1) is 5.75 Å². The van der Waals surface area contributed by atoms with Crippen molar-refractivity contribution in [3.8, 4) is 0 Å². The standard InChI is InChI=1S/C17H16F2OS/c1-2-3-12-4-6-13(7-5-12)16(20)11-21-17-9-8-14(18)10-15(17)19/h4-10H,2-3,11H2,1H3. The third-order valence-corrected chi connectivity index (χ3v) is 4.12. The smallest absolute Gasteiger partial charge is 0.173 e. The lowest BCUT2D eigenvalue weighted by molar-refractivity contribution is 0.102. The number of carbonyl (C=O) groups is 1. The van der Waals surface area contributed by atoms with E-state index < -0.39 is 11.6 Å². The highest BCUT2D eigenvalue weighted by Gasteiger charge is 2.10. The van der Waals surface area contributed by atoms with Crippen molar-refractivity contribution in [3.63, 3.8) is 0 Å². The van der Waals surface area contributed by atoms with Crippen molar-refractivity contribution in [3.05, 3.63) is 65.2 Å². The molecular weight excluding hydrogens is 290 g/mol. The molecule has 0 aromatic heterocycles. The van der Waals surface area contributed by atoms with E-state index >= 15 is 0 Å². The first kappa shape index (κ1) is 15.7. The first-order valence-electron chi connectivity index (χ1n) is 6.80. The molecule has 0 atom stereocenters. The zero-order chi connectivity index (χ0) is 15.2. The second-order valence-corrected chi connectivity index (χ2v) is 5.75. The predicted octanol–water partition coefficient (Wildman–Crippen LogP) is 4.89. The minimum atomic E-state index is -0.633. The number of ketones is 1. The Bertz CT molecular complexity index is 623. The summed E-state index contributed by atoms with van der Waals surface area (Å²) in [6, 6.07) is 10.9. The largest absolute Gasteiger partial charge is 0.293 e. The van der Waals surface area contributed by atoms with Gasteiger partial charge >= 0.3 is 0 Å². The van der Waals surface area contributed by atoms with Crippen LogP contribution in [0.2, 0.25) is 0 Å². The molecule has 0 spiro atoms. The Labute approximate surface area is 127 Å². The van der Waals surface area contributed by atoms with Crippen LogP contribution in [0.3, 0.4) is 0 Å². The number of halogens is 2. The molecule has 0 fully saturated rings. The van der Waals surface area contributed by atoms with Gasteiger partial charge in [0, 0.05) is 16.5 Å². The van der Waals surface area contributed by atoms with Gasteiger partial charge in [0.15, 0.2) is 5.78 Å². The van der Waals surface area contributed by atoms with E-state index in [4.69, 9.17) is 0 Å². The zero-order valence-corrected chi connectivity index (χ0v) is 12.6. The topological polar surface area (TPSA) is 17.1 Å². The van der Waals surface area contributed by atoms with Crippen LogP contribution in [0, 0.1) is 11.6 Å². The monoisotopic (exact) mass is 306 g/mol. The summed E-state index contributed by atoms with van der Waals surface area (Å²) in [5.74, 6) is -1.18. The molecule has 0 amide bonds. The SMILES string of the molecule is CCCc1ccc(C(=O)CSc2ccc(F)cc2F)cc1. The molecule has 0 saturated heterocycles. The minimum absolute atomic E-state index is 0.0632. The van der Waals surface area contributed by atoms with Crippen molar-refractivity contribution in [1.82, 2.24) is 0 Å². The van der Waals surface area contributed by atoms with Gasteiger partial charge in [-0.1, -0.05) is 37.6 Å². The number of aryl methyl sites for hydroxylation is 1. The number of carbonyl (C=O) groups excluding carboxylic acids is 1. The number of benzene rings is 2. The van der Waals surface area contributed by atoms with Crippen LogP contribution in [0.15, 0.2) is 47.4 Å². The number of thioether (sulfide) groups is 1. The highest BCUT2D eigenvalue weighted by molar-refractivity contribution is 8.00. The molecule has 0 radical (unpaired) electrons. The maximum Gasteiger partial charge on any atom is 0.173 e. The van der Waals surface area contributed by atoms with Crippen LogP contribution < -0.4 is 0 Å². The Morgan fingerprint density at radius 3 is 2.43 bits per heavy atom. The average Bonchev–Trinajstić information content (AvgIpc) is 2.47. The maximum absolute atomic E-state index is 13.5. The average molecular weight is 306 g/mol. The van der Waals surface area contributed by atoms with E-state index in [0.717, 1.165) is 30.7 Å². The summed E-state index contributed by atoms with van der Waals surface area (Å²) in [4.78, 5) is 12.3. The Balaban J connectivity index is 1.98. The van der Waals surface area contributed by atoms with Crippen molar-refractivity contribution >= 4 is 17.5 Å². The van der Waals surface area contributed by atoms with Gasteiger partial charge in [-0.15, -0.1) is 11.8 Å².